The molecule has 0 spiro atoms. The quantitative estimate of drug-likeness (QED) is 0.836. The summed E-state index contributed by atoms with van der Waals surface area (Å²) in [6.45, 7) is 3.96. The molecule has 4 nitrogen and oxygen atoms in total. The van der Waals surface area contributed by atoms with Crippen LogP contribution in [0, 0.1) is 5.92 Å². The Hall–Kier alpha value is -0.260. The van der Waals surface area contributed by atoms with Crippen molar-refractivity contribution in [2.24, 2.45) is 11.7 Å². The van der Waals surface area contributed by atoms with Gasteiger partial charge in [-0.15, -0.1) is 0 Å². The lowest BCUT2D eigenvalue weighted by Crippen LogP contribution is -2.51. The number of amides is 1. The Morgan fingerprint density at radius 3 is 2.89 bits per heavy atom. The maximum atomic E-state index is 12.3. The standard InChI is InChI=1S/C13H24N2O2S/c1-10(14)12-9-15(4-5-17-12)13(16)8-11-2-6-18-7-3-11/h10-12H,2-9,14H2,1H3. The van der Waals surface area contributed by atoms with Crippen molar-refractivity contribution in [3.8, 4) is 0 Å². The van der Waals surface area contributed by atoms with Gasteiger partial charge < -0.3 is 15.4 Å². The number of nitrogens with two attached hydrogens (primary N) is 1. The summed E-state index contributed by atoms with van der Waals surface area (Å²) >= 11 is 2.00. The molecular formula is C13H24N2O2S. The molecule has 2 rings (SSSR count). The predicted octanol–water partition coefficient (Wildman–Crippen LogP) is 1.09. The molecule has 0 aromatic heterocycles. The smallest absolute Gasteiger partial charge is 0.223 e. The number of carbonyl (C=O) groups excluding carboxylic acids is 1. The highest BCUT2D eigenvalue weighted by molar-refractivity contribution is 7.99. The van der Waals surface area contributed by atoms with E-state index in [1.54, 1.807) is 0 Å². The molecule has 0 radical (unpaired) electrons. The van der Waals surface area contributed by atoms with E-state index in [2.05, 4.69) is 0 Å². The van der Waals surface area contributed by atoms with Crippen LogP contribution in [0.2, 0.25) is 0 Å². The molecule has 0 saturated carbocycles. The lowest BCUT2D eigenvalue weighted by Gasteiger charge is -2.35. The zero-order chi connectivity index (χ0) is 13.0. The first kappa shape index (κ1) is 14.2. The summed E-state index contributed by atoms with van der Waals surface area (Å²) < 4.78 is 5.59. The van der Waals surface area contributed by atoms with Gasteiger partial charge in [0.2, 0.25) is 5.91 Å². The van der Waals surface area contributed by atoms with Crippen molar-refractivity contribution in [3.05, 3.63) is 0 Å². The molecule has 5 heteroatoms. The molecule has 2 aliphatic heterocycles. The fraction of sp³-hybridized carbons (Fsp3) is 0.923. The van der Waals surface area contributed by atoms with Crippen molar-refractivity contribution >= 4 is 17.7 Å². The van der Waals surface area contributed by atoms with Gasteiger partial charge in [0, 0.05) is 25.6 Å². The number of thioether (sulfide) groups is 1. The predicted molar refractivity (Wildman–Crippen MR) is 74.6 cm³/mol. The van der Waals surface area contributed by atoms with E-state index in [1.807, 2.05) is 23.6 Å². The van der Waals surface area contributed by atoms with Crippen LogP contribution in [0.25, 0.3) is 0 Å². The molecule has 18 heavy (non-hydrogen) atoms. The van der Waals surface area contributed by atoms with Crippen molar-refractivity contribution < 1.29 is 9.53 Å². The van der Waals surface area contributed by atoms with Crippen LogP contribution in [0.3, 0.4) is 0 Å². The van der Waals surface area contributed by atoms with Crippen LogP contribution >= 0.6 is 11.8 Å². The van der Waals surface area contributed by atoms with Crippen molar-refractivity contribution in [2.75, 3.05) is 31.2 Å². The number of ether oxygens (including phenoxy) is 1. The van der Waals surface area contributed by atoms with Gasteiger partial charge in [-0.2, -0.15) is 11.8 Å². The van der Waals surface area contributed by atoms with Crippen molar-refractivity contribution in [2.45, 2.75) is 38.3 Å². The largest absolute Gasteiger partial charge is 0.373 e. The van der Waals surface area contributed by atoms with Crippen molar-refractivity contribution in [3.63, 3.8) is 0 Å². The van der Waals surface area contributed by atoms with Gasteiger partial charge in [-0.3, -0.25) is 4.79 Å². The SMILES string of the molecule is CC(N)C1CN(C(=O)CC2CCSCC2)CCO1. The molecule has 2 saturated heterocycles. The summed E-state index contributed by atoms with van der Waals surface area (Å²) in [4.78, 5) is 14.2. The Morgan fingerprint density at radius 2 is 2.22 bits per heavy atom. The van der Waals surface area contributed by atoms with Crippen LogP contribution in [-0.2, 0) is 9.53 Å². The number of hydrogen-bond donors (Lipinski definition) is 1. The summed E-state index contributed by atoms with van der Waals surface area (Å²) in [6.07, 6.45) is 3.10. The maximum absolute atomic E-state index is 12.3. The van der Waals surface area contributed by atoms with Gasteiger partial charge in [-0.25, -0.2) is 0 Å². The molecule has 2 fully saturated rings. The van der Waals surface area contributed by atoms with Crippen molar-refractivity contribution in [1.82, 2.24) is 4.90 Å². The first-order valence-corrected chi connectivity index (χ1v) is 8.05. The molecule has 0 aromatic carbocycles. The minimum absolute atomic E-state index is 0.00427. The molecule has 1 amide bonds. The molecule has 104 valence electrons. The van der Waals surface area contributed by atoms with E-state index >= 15 is 0 Å². The van der Waals surface area contributed by atoms with E-state index < -0.39 is 0 Å². The number of morpholine rings is 1. The third kappa shape index (κ3) is 3.87. The molecule has 2 heterocycles. The molecular weight excluding hydrogens is 248 g/mol. The molecule has 2 N–H and O–H groups in total. The van der Waals surface area contributed by atoms with Gasteiger partial charge in [0.05, 0.1) is 12.7 Å². The summed E-state index contributed by atoms with van der Waals surface area (Å²) in [5.41, 5.74) is 5.85. The molecule has 2 atom stereocenters. The maximum Gasteiger partial charge on any atom is 0.223 e. The highest BCUT2D eigenvalue weighted by atomic mass is 32.2. The van der Waals surface area contributed by atoms with Gasteiger partial charge in [-0.05, 0) is 37.2 Å². The molecule has 2 aliphatic rings. The Kier molecular flexibility index (Phi) is 5.33. The lowest BCUT2D eigenvalue weighted by atomic mass is 9.98. The highest BCUT2D eigenvalue weighted by Crippen LogP contribution is 2.26. The molecule has 0 aliphatic carbocycles. The monoisotopic (exact) mass is 272 g/mol. The van der Waals surface area contributed by atoms with Crippen LogP contribution in [0.5, 0.6) is 0 Å². The Bertz CT molecular complexity index is 280. The van der Waals surface area contributed by atoms with E-state index in [1.165, 1.54) is 24.3 Å². The second kappa shape index (κ2) is 6.78. The van der Waals surface area contributed by atoms with Crippen molar-refractivity contribution in [1.29, 1.82) is 0 Å². The Labute approximate surface area is 114 Å². The number of hydrogen-bond acceptors (Lipinski definition) is 4. The van der Waals surface area contributed by atoms with Crippen LogP contribution in [0.1, 0.15) is 26.2 Å². The third-order valence-corrected chi connectivity index (χ3v) is 4.89. The third-order valence-electron chi connectivity index (χ3n) is 3.84. The Balaban J connectivity index is 1.80. The van der Waals surface area contributed by atoms with Gasteiger partial charge in [0.15, 0.2) is 0 Å². The second-order valence-electron chi connectivity index (χ2n) is 5.37. The minimum Gasteiger partial charge on any atom is -0.373 e. The van der Waals surface area contributed by atoms with E-state index in [4.69, 9.17) is 10.5 Å². The Morgan fingerprint density at radius 1 is 1.50 bits per heavy atom. The molecule has 0 bridgehead atoms. The van der Waals surface area contributed by atoms with Crippen LogP contribution in [-0.4, -0.2) is 54.2 Å². The first-order chi connectivity index (χ1) is 8.66. The normalized spacial score (nSPS) is 28.1. The van der Waals surface area contributed by atoms with Gasteiger partial charge in [0.25, 0.3) is 0 Å². The number of rotatable bonds is 3. The molecule has 2 unspecified atom stereocenters. The van der Waals surface area contributed by atoms with Gasteiger partial charge in [0.1, 0.15) is 0 Å². The van der Waals surface area contributed by atoms with E-state index in [9.17, 15) is 4.79 Å². The highest BCUT2D eigenvalue weighted by Gasteiger charge is 2.28. The van der Waals surface area contributed by atoms with Crippen LogP contribution in [0.15, 0.2) is 0 Å². The summed E-state index contributed by atoms with van der Waals surface area (Å²) in [5, 5.41) is 0. The summed E-state index contributed by atoms with van der Waals surface area (Å²) in [7, 11) is 0. The average Bonchev–Trinajstić information content (AvgIpc) is 2.40. The first-order valence-electron chi connectivity index (χ1n) is 6.89. The van der Waals surface area contributed by atoms with Crippen LogP contribution in [0.4, 0.5) is 0 Å². The fourth-order valence-electron chi connectivity index (χ4n) is 2.55. The number of nitrogens with zero attached hydrogens (tertiary/aromatic N) is 1. The lowest BCUT2D eigenvalue weighted by molar-refractivity contribution is -0.140. The molecule has 0 aromatic rings. The van der Waals surface area contributed by atoms with E-state index in [-0.39, 0.29) is 12.1 Å². The zero-order valence-electron chi connectivity index (χ0n) is 11.1. The second-order valence-corrected chi connectivity index (χ2v) is 6.59. The van der Waals surface area contributed by atoms with Gasteiger partial charge >= 0.3 is 0 Å². The number of carbonyl (C=O) groups is 1. The topological polar surface area (TPSA) is 55.6 Å². The summed E-state index contributed by atoms with van der Waals surface area (Å²) in [5.74, 6) is 3.31. The van der Waals surface area contributed by atoms with E-state index in [0.717, 1.165) is 6.54 Å². The van der Waals surface area contributed by atoms with Gasteiger partial charge in [-0.1, -0.05) is 0 Å². The zero-order valence-corrected chi connectivity index (χ0v) is 12.0. The average molecular weight is 272 g/mol. The minimum atomic E-state index is -0.00770. The van der Waals surface area contributed by atoms with E-state index in [0.29, 0.717) is 31.4 Å². The summed E-state index contributed by atoms with van der Waals surface area (Å²) in [6, 6.07) is -0.00770. The van der Waals surface area contributed by atoms with Crippen LogP contribution < -0.4 is 5.73 Å². The fourth-order valence-corrected chi connectivity index (χ4v) is 3.75.